The second kappa shape index (κ2) is 6.04. The van der Waals surface area contributed by atoms with Gasteiger partial charge in [-0.1, -0.05) is 0 Å². The minimum Gasteiger partial charge on any atom is -0.480 e. The van der Waals surface area contributed by atoms with E-state index in [1.54, 1.807) is 0 Å². The lowest BCUT2D eigenvalue weighted by Crippen LogP contribution is -2.46. The minimum atomic E-state index is -0.923. The van der Waals surface area contributed by atoms with E-state index in [0.717, 1.165) is 18.9 Å². The zero-order valence-corrected chi connectivity index (χ0v) is 10.4. The largest absolute Gasteiger partial charge is 0.480 e. The van der Waals surface area contributed by atoms with Crippen LogP contribution in [0.25, 0.3) is 0 Å². The molecule has 0 radical (unpaired) electrons. The maximum absolute atomic E-state index is 11.8. The second-order valence-corrected chi connectivity index (χ2v) is 4.94. The number of aliphatic carboxylic acids is 1. The smallest absolute Gasteiger partial charge is 0.326 e. The number of carboxylic acids is 1. The molecule has 1 atom stereocenters. The maximum Gasteiger partial charge on any atom is 0.326 e. The van der Waals surface area contributed by atoms with E-state index in [1.807, 2.05) is 0 Å². The topological polar surface area (TPSA) is 78.9 Å². The first kappa shape index (κ1) is 13.1. The van der Waals surface area contributed by atoms with Crippen LogP contribution in [0.3, 0.4) is 0 Å². The molecule has 0 aromatic carbocycles. The molecule has 2 aliphatic rings. The number of hydrogen-bond donors (Lipinski definition) is 2. The van der Waals surface area contributed by atoms with Gasteiger partial charge in [-0.3, -0.25) is 0 Å². The molecule has 2 rings (SSSR count). The summed E-state index contributed by atoms with van der Waals surface area (Å²) >= 11 is 0. The minimum absolute atomic E-state index is 0.296. The molecule has 1 aliphatic carbocycles. The van der Waals surface area contributed by atoms with Gasteiger partial charge in [0.05, 0.1) is 6.61 Å². The number of carbonyl (C=O) groups excluding carboxylic acids is 1. The normalized spacial score (nSPS) is 23.1. The van der Waals surface area contributed by atoms with Gasteiger partial charge in [0.15, 0.2) is 0 Å². The molecule has 1 aliphatic heterocycles. The van der Waals surface area contributed by atoms with Crippen molar-refractivity contribution in [1.82, 2.24) is 10.2 Å². The highest BCUT2D eigenvalue weighted by Crippen LogP contribution is 2.28. The molecule has 1 saturated heterocycles. The first-order valence-corrected chi connectivity index (χ1v) is 6.53. The fraction of sp³-hybridized carbons (Fsp3) is 0.833. The summed E-state index contributed by atoms with van der Waals surface area (Å²) in [5, 5.41) is 11.7. The van der Waals surface area contributed by atoms with Crippen LogP contribution in [0.1, 0.15) is 25.7 Å². The van der Waals surface area contributed by atoms with E-state index in [4.69, 9.17) is 9.84 Å². The molecule has 0 spiro atoms. The number of nitrogens with one attached hydrogen (secondary N) is 1. The predicted molar refractivity (Wildman–Crippen MR) is 64.3 cm³/mol. The fourth-order valence-electron chi connectivity index (χ4n) is 2.13. The van der Waals surface area contributed by atoms with Gasteiger partial charge in [0.1, 0.15) is 6.04 Å². The number of nitrogens with zero attached hydrogens (tertiary/aromatic N) is 1. The van der Waals surface area contributed by atoms with Crippen molar-refractivity contribution >= 4 is 12.0 Å². The highest BCUT2D eigenvalue weighted by molar-refractivity contribution is 5.83. The molecular weight excluding hydrogens is 236 g/mol. The highest BCUT2D eigenvalue weighted by atomic mass is 16.5. The molecule has 0 unspecified atom stereocenters. The quantitative estimate of drug-likeness (QED) is 0.685. The Labute approximate surface area is 106 Å². The van der Waals surface area contributed by atoms with Crippen molar-refractivity contribution < 1.29 is 19.4 Å². The Morgan fingerprint density at radius 2 is 2.11 bits per heavy atom. The van der Waals surface area contributed by atoms with E-state index in [-0.39, 0.29) is 6.03 Å². The summed E-state index contributed by atoms with van der Waals surface area (Å²) in [7, 11) is 0. The molecule has 1 heterocycles. The number of carboxylic acid groups (broad SMARTS) is 1. The summed E-state index contributed by atoms with van der Waals surface area (Å²) in [6.07, 6.45) is 3.80. The Hall–Kier alpha value is -1.30. The molecule has 18 heavy (non-hydrogen) atoms. The van der Waals surface area contributed by atoms with Gasteiger partial charge < -0.3 is 20.1 Å². The summed E-state index contributed by atoms with van der Waals surface area (Å²) in [6.45, 7) is 2.23. The molecule has 0 aromatic heterocycles. The fourth-order valence-corrected chi connectivity index (χ4v) is 2.13. The van der Waals surface area contributed by atoms with Crippen LogP contribution in [-0.4, -0.2) is 54.4 Å². The standard InChI is InChI=1S/C12H20N2O4/c15-11(16)10-2-1-6-14(10)12(17)13-5-7-18-8-9-3-4-9/h9-10H,1-8H2,(H,13,17)(H,15,16)/t10-/m0/s1. The van der Waals surface area contributed by atoms with E-state index in [2.05, 4.69) is 5.32 Å². The molecule has 102 valence electrons. The number of rotatable bonds is 6. The number of carbonyl (C=O) groups is 2. The third-order valence-corrected chi connectivity index (χ3v) is 3.37. The van der Waals surface area contributed by atoms with E-state index in [9.17, 15) is 9.59 Å². The van der Waals surface area contributed by atoms with Crippen molar-refractivity contribution in [1.29, 1.82) is 0 Å². The molecule has 2 N–H and O–H groups in total. The van der Waals surface area contributed by atoms with Gasteiger partial charge in [0.2, 0.25) is 0 Å². The van der Waals surface area contributed by atoms with Crippen LogP contribution in [0.15, 0.2) is 0 Å². The lowest BCUT2D eigenvalue weighted by molar-refractivity contribution is -0.141. The Bertz CT molecular complexity index is 317. The highest BCUT2D eigenvalue weighted by Gasteiger charge is 2.33. The monoisotopic (exact) mass is 256 g/mol. The Kier molecular flexibility index (Phi) is 4.41. The van der Waals surface area contributed by atoms with Crippen molar-refractivity contribution in [3.8, 4) is 0 Å². The molecular formula is C12H20N2O4. The van der Waals surface area contributed by atoms with Crippen molar-refractivity contribution in [2.24, 2.45) is 5.92 Å². The molecule has 0 bridgehead atoms. The average molecular weight is 256 g/mol. The summed E-state index contributed by atoms with van der Waals surface area (Å²) < 4.78 is 5.40. The number of amides is 2. The Morgan fingerprint density at radius 3 is 2.78 bits per heavy atom. The van der Waals surface area contributed by atoms with E-state index >= 15 is 0 Å². The van der Waals surface area contributed by atoms with Gasteiger partial charge in [-0.2, -0.15) is 0 Å². The Balaban J connectivity index is 1.62. The molecule has 6 heteroatoms. The van der Waals surface area contributed by atoms with Crippen molar-refractivity contribution in [2.45, 2.75) is 31.7 Å². The second-order valence-electron chi connectivity index (χ2n) is 4.94. The van der Waals surface area contributed by atoms with Gasteiger partial charge in [-0.25, -0.2) is 9.59 Å². The zero-order valence-electron chi connectivity index (χ0n) is 10.4. The van der Waals surface area contributed by atoms with E-state index in [1.165, 1.54) is 17.7 Å². The van der Waals surface area contributed by atoms with Gasteiger partial charge >= 0.3 is 12.0 Å². The molecule has 0 aromatic rings. The van der Waals surface area contributed by atoms with Crippen LogP contribution in [0.2, 0.25) is 0 Å². The summed E-state index contributed by atoms with van der Waals surface area (Å²) in [5.74, 6) is -0.205. The van der Waals surface area contributed by atoms with Gasteiger partial charge in [-0.05, 0) is 31.6 Å². The van der Waals surface area contributed by atoms with Crippen LogP contribution in [0.4, 0.5) is 4.79 Å². The van der Waals surface area contributed by atoms with Gasteiger partial charge in [-0.15, -0.1) is 0 Å². The molecule has 2 fully saturated rings. The first-order chi connectivity index (χ1) is 8.68. The van der Waals surface area contributed by atoms with Crippen LogP contribution >= 0.6 is 0 Å². The first-order valence-electron chi connectivity index (χ1n) is 6.53. The summed E-state index contributed by atoms with van der Waals surface area (Å²) in [6, 6.07) is -0.965. The maximum atomic E-state index is 11.8. The van der Waals surface area contributed by atoms with Gasteiger partial charge in [0, 0.05) is 19.7 Å². The lowest BCUT2D eigenvalue weighted by Gasteiger charge is -2.21. The molecule has 1 saturated carbocycles. The molecule has 2 amide bonds. The Morgan fingerprint density at radius 1 is 1.33 bits per heavy atom. The van der Waals surface area contributed by atoms with Crippen molar-refractivity contribution in [2.75, 3.05) is 26.3 Å². The lowest BCUT2D eigenvalue weighted by atomic mass is 10.2. The predicted octanol–water partition coefficient (Wildman–Crippen LogP) is 0.672. The van der Waals surface area contributed by atoms with Crippen molar-refractivity contribution in [3.63, 3.8) is 0 Å². The number of urea groups is 1. The van der Waals surface area contributed by atoms with Crippen LogP contribution in [0.5, 0.6) is 0 Å². The van der Waals surface area contributed by atoms with E-state index in [0.29, 0.717) is 26.1 Å². The zero-order chi connectivity index (χ0) is 13.0. The number of hydrogen-bond acceptors (Lipinski definition) is 3. The third kappa shape index (κ3) is 3.60. The van der Waals surface area contributed by atoms with Crippen molar-refractivity contribution in [3.05, 3.63) is 0 Å². The van der Waals surface area contributed by atoms with Crippen LogP contribution in [0, 0.1) is 5.92 Å². The van der Waals surface area contributed by atoms with Gasteiger partial charge in [0.25, 0.3) is 0 Å². The van der Waals surface area contributed by atoms with Crippen LogP contribution < -0.4 is 5.32 Å². The molecule has 6 nitrogen and oxygen atoms in total. The summed E-state index contributed by atoms with van der Waals surface area (Å²) in [5.41, 5.74) is 0. The summed E-state index contributed by atoms with van der Waals surface area (Å²) in [4.78, 5) is 24.1. The number of likely N-dealkylation sites (tertiary alicyclic amines) is 1. The number of ether oxygens (including phenoxy) is 1. The van der Waals surface area contributed by atoms with E-state index < -0.39 is 12.0 Å². The third-order valence-electron chi connectivity index (χ3n) is 3.37. The SMILES string of the molecule is O=C(O)[C@@H]1CCCN1C(=O)NCCOCC1CC1. The average Bonchev–Trinajstić information content (AvgIpc) is 3.02. The van der Waals surface area contributed by atoms with Crippen LogP contribution in [-0.2, 0) is 9.53 Å².